The van der Waals surface area contributed by atoms with Crippen LogP contribution in [0.3, 0.4) is 0 Å². The van der Waals surface area contributed by atoms with Crippen molar-refractivity contribution >= 4 is 0 Å². The Hall–Kier alpha value is -1.02. The fourth-order valence-electron chi connectivity index (χ4n) is 4.36. The minimum atomic E-state index is 0.334. The van der Waals surface area contributed by atoms with Gasteiger partial charge in [0.25, 0.3) is 0 Å². The summed E-state index contributed by atoms with van der Waals surface area (Å²) < 4.78 is 6.03. The fourth-order valence-corrected chi connectivity index (χ4v) is 4.36. The third-order valence-electron chi connectivity index (χ3n) is 6.36. The van der Waals surface area contributed by atoms with Gasteiger partial charge in [0.05, 0.1) is 0 Å². The second kappa shape index (κ2) is 9.46. The van der Waals surface area contributed by atoms with Gasteiger partial charge in [0.2, 0.25) is 0 Å². The number of piperidine rings is 1. The highest BCUT2D eigenvalue weighted by atomic mass is 16.5. The van der Waals surface area contributed by atoms with Crippen molar-refractivity contribution in [2.75, 3.05) is 19.7 Å². The van der Waals surface area contributed by atoms with E-state index in [1.807, 2.05) is 0 Å². The fraction of sp³-hybridized carbons (Fsp3) is 0.727. The van der Waals surface area contributed by atoms with Gasteiger partial charge in [-0.15, -0.1) is 0 Å². The van der Waals surface area contributed by atoms with E-state index in [1.165, 1.54) is 57.1 Å². The third kappa shape index (κ3) is 4.53. The highest BCUT2D eigenvalue weighted by Gasteiger charge is 2.26. The summed E-state index contributed by atoms with van der Waals surface area (Å²) in [5.41, 5.74) is 1.80. The van der Waals surface area contributed by atoms with Crippen LogP contribution in [-0.2, 0) is 5.41 Å². The zero-order valence-electron chi connectivity index (χ0n) is 16.3. The molecule has 0 aliphatic carbocycles. The van der Waals surface area contributed by atoms with E-state index < -0.39 is 0 Å². The molecular weight excluding hydrogens is 294 g/mol. The maximum absolute atomic E-state index is 6.03. The van der Waals surface area contributed by atoms with Crippen molar-refractivity contribution in [2.24, 2.45) is 0 Å². The van der Waals surface area contributed by atoms with Crippen molar-refractivity contribution in [3.05, 3.63) is 29.8 Å². The van der Waals surface area contributed by atoms with Crippen LogP contribution in [0.5, 0.6) is 5.75 Å². The van der Waals surface area contributed by atoms with Gasteiger partial charge in [-0.2, -0.15) is 0 Å². The molecule has 1 aromatic carbocycles. The Balaban J connectivity index is 1.88. The molecule has 2 rings (SSSR count). The smallest absolute Gasteiger partial charge is 0.119 e. The van der Waals surface area contributed by atoms with Gasteiger partial charge in [-0.3, -0.25) is 4.90 Å². The molecule has 2 nitrogen and oxygen atoms in total. The van der Waals surface area contributed by atoms with Gasteiger partial charge in [-0.25, -0.2) is 0 Å². The molecule has 0 N–H and O–H groups in total. The van der Waals surface area contributed by atoms with Crippen molar-refractivity contribution in [3.8, 4) is 5.75 Å². The molecule has 1 saturated heterocycles. The molecule has 24 heavy (non-hydrogen) atoms. The first-order valence-corrected chi connectivity index (χ1v) is 10.2. The lowest BCUT2D eigenvalue weighted by atomic mass is 9.74. The Morgan fingerprint density at radius 3 is 2.25 bits per heavy atom. The van der Waals surface area contributed by atoms with E-state index in [1.54, 1.807) is 0 Å². The van der Waals surface area contributed by atoms with Gasteiger partial charge in [-0.1, -0.05) is 46.2 Å². The molecule has 1 aromatic rings. The Morgan fingerprint density at radius 2 is 1.67 bits per heavy atom. The summed E-state index contributed by atoms with van der Waals surface area (Å²) in [6, 6.07) is 9.66. The molecule has 0 amide bonds. The molecule has 2 heteroatoms. The van der Waals surface area contributed by atoms with Crippen LogP contribution in [-0.4, -0.2) is 30.6 Å². The molecule has 1 fully saturated rings. The molecule has 1 aliphatic rings. The maximum atomic E-state index is 6.03. The second-order valence-corrected chi connectivity index (χ2v) is 7.31. The maximum Gasteiger partial charge on any atom is 0.119 e. The Bertz CT molecular complexity index is 455. The summed E-state index contributed by atoms with van der Waals surface area (Å²) in [7, 11) is 0. The zero-order chi connectivity index (χ0) is 17.4. The van der Waals surface area contributed by atoms with Crippen molar-refractivity contribution in [3.63, 3.8) is 0 Å². The number of ether oxygens (including phenoxy) is 1. The third-order valence-corrected chi connectivity index (χ3v) is 6.36. The molecule has 1 aliphatic heterocycles. The molecule has 1 unspecified atom stereocenters. The van der Waals surface area contributed by atoms with Gasteiger partial charge in [0.15, 0.2) is 0 Å². The summed E-state index contributed by atoms with van der Waals surface area (Å²) in [6.45, 7) is 12.3. The first-order valence-electron chi connectivity index (χ1n) is 10.2. The second-order valence-electron chi connectivity index (χ2n) is 7.31. The van der Waals surface area contributed by atoms with Crippen LogP contribution in [0.15, 0.2) is 24.3 Å². The molecule has 0 radical (unpaired) electrons. The molecular formula is C22H37NO. The normalized spacial score (nSPS) is 19.4. The number of nitrogens with zero attached hydrogens (tertiary/aromatic N) is 1. The van der Waals surface area contributed by atoms with E-state index in [9.17, 15) is 0 Å². The molecule has 136 valence electrons. The van der Waals surface area contributed by atoms with E-state index >= 15 is 0 Å². The van der Waals surface area contributed by atoms with Gasteiger partial charge < -0.3 is 4.74 Å². The number of hydrogen-bond donors (Lipinski definition) is 0. The average molecular weight is 332 g/mol. The topological polar surface area (TPSA) is 12.5 Å². The molecule has 0 spiro atoms. The van der Waals surface area contributed by atoms with E-state index in [0.29, 0.717) is 5.41 Å². The van der Waals surface area contributed by atoms with Crippen LogP contribution in [0.2, 0.25) is 0 Å². The highest BCUT2D eigenvalue weighted by molar-refractivity contribution is 5.32. The van der Waals surface area contributed by atoms with Crippen molar-refractivity contribution in [1.82, 2.24) is 4.90 Å². The van der Waals surface area contributed by atoms with Crippen LogP contribution in [0.1, 0.15) is 78.2 Å². The minimum Gasteiger partial charge on any atom is -0.492 e. The molecule has 1 atom stereocenters. The van der Waals surface area contributed by atoms with E-state index in [4.69, 9.17) is 4.74 Å². The van der Waals surface area contributed by atoms with Crippen LogP contribution < -0.4 is 4.74 Å². The number of likely N-dealkylation sites (tertiary alicyclic amines) is 1. The first-order chi connectivity index (χ1) is 11.7. The van der Waals surface area contributed by atoms with Crippen LogP contribution in [0, 0.1) is 0 Å². The number of benzene rings is 1. The Morgan fingerprint density at radius 1 is 1.00 bits per heavy atom. The predicted octanol–water partition coefficient (Wildman–Crippen LogP) is 5.80. The number of hydrogen-bond acceptors (Lipinski definition) is 2. The van der Waals surface area contributed by atoms with Gasteiger partial charge in [-0.05, 0) is 68.2 Å². The van der Waals surface area contributed by atoms with Crippen LogP contribution >= 0.6 is 0 Å². The number of rotatable bonds is 9. The van der Waals surface area contributed by atoms with Crippen molar-refractivity contribution in [1.29, 1.82) is 0 Å². The largest absolute Gasteiger partial charge is 0.492 e. The summed E-state index contributed by atoms with van der Waals surface area (Å²) in [5, 5.41) is 0. The summed E-state index contributed by atoms with van der Waals surface area (Å²) >= 11 is 0. The average Bonchev–Trinajstić information content (AvgIpc) is 2.65. The van der Waals surface area contributed by atoms with Crippen molar-refractivity contribution < 1.29 is 4.74 Å². The molecule has 0 aromatic heterocycles. The van der Waals surface area contributed by atoms with E-state index in [-0.39, 0.29) is 0 Å². The molecule has 0 bridgehead atoms. The minimum absolute atomic E-state index is 0.334. The lowest BCUT2D eigenvalue weighted by Crippen LogP contribution is -2.41. The molecule has 1 heterocycles. The van der Waals surface area contributed by atoms with Gasteiger partial charge in [0, 0.05) is 12.6 Å². The van der Waals surface area contributed by atoms with E-state index in [2.05, 4.69) is 56.9 Å². The quantitative estimate of drug-likeness (QED) is 0.567. The zero-order valence-corrected chi connectivity index (χ0v) is 16.3. The summed E-state index contributed by atoms with van der Waals surface area (Å²) in [6.07, 6.45) is 8.97. The first kappa shape index (κ1) is 19.3. The summed E-state index contributed by atoms with van der Waals surface area (Å²) in [4.78, 5) is 2.62. The van der Waals surface area contributed by atoms with Gasteiger partial charge in [0.1, 0.15) is 12.4 Å². The summed E-state index contributed by atoms with van der Waals surface area (Å²) in [5.74, 6) is 1.01. The monoisotopic (exact) mass is 331 g/mol. The van der Waals surface area contributed by atoms with Gasteiger partial charge >= 0.3 is 0 Å². The Labute approximate surface area is 149 Å². The lowest BCUT2D eigenvalue weighted by Gasteiger charge is -2.35. The van der Waals surface area contributed by atoms with E-state index in [0.717, 1.165) is 24.9 Å². The van der Waals surface area contributed by atoms with Crippen LogP contribution in [0.4, 0.5) is 0 Å². The highest BCUT2D eigenvalue weighted by Crippen LogP contribution is 2.35. The SMILES string of the molecule is CCC1CCCCN1CCOc1ccc(C(CC)(CC)CC)cc1. The van der Waals surface area contributed by atoms with Crippen LogP contribution in [0.25, 0.3) is 0 Å². The standard InChI is InChI=1S/C22H37NO/c1-5-20-11-9-10-16-23(20)17-18-24-21-14-12-19(13-15-21)22(6-2,7-3)8-4/h12-15,20H,5-11,16-18H2,1-4H3. The molecule has 0 saturated carbocycles. The predicted molar refractivity (Wildman–Crippen MR) is 104 cm³/mol. The van der Waals surface area contributed by atoms with Crippen molar-refractivity contribution in [2.45, 2.75) is 84.1 Å². The lowest BCUT2D eigenvalue weighted by molar-refractivity contribution is 0.120. The Kier molecular flexibility index (Phi) is 7.61.